The molecule has 0 aromatic heterocycles. The van der Waals surface area contributed by atoms with Crippen molar-refractivity contribution >= 4 is 11.6 Å². The Morgan fingerprint density at radius 2 is 1.95 bits per heavy atom. The van der Waals surface area contributed by atoms with Crippen molar-refractivity contribution in [2.24, 2.45) is 0 Å². The standard InChI is InChI=1S/C16H26N4O/c1-4-7-17-15-6-5-14(12-13(15)2)16(21)18-20-10-8-19(3)9-11-20/h5-6,12,17H,4,7-11H2,1-3H3,(H,18,21). The highest BCUT2D eigenvalue weighted by atomic mass is 16.2. The molecule has 5 nitrogen and oxygen atoms in total. The summed E-state index contributed by atoms with van der Waals surface area (Å²) < 4.78 is 0. The Labute approximate surface area is 127 Å². The molecule has 0 bridgehead atoms. The summed E-state index contributed by atoms with van der Waals surface area (Å²) in [6.45, 7) is 8.84. The lowest BCUT2D eigenvalue weighted by molar-refractivity contribution is 0.0662. The van der Waals surface area contributed by atoms with Crippen molar-refractivity contribution in [3.05, 3.63) is 29.3 Å². The Morgan fingerprint density at radius 3 is 2.57 bits per heavy atom. The lowest BCUT2D eigenvalue weighted by atomic mass is 10.1. The summed E-state index contributed by atoms with van der Waals surface area (Å²) in [7, 11) is 2.10. The van der Waals surface area contributed by atoms with Crippen molar-refractivity contribution in [3.8, 4) is 0 Å². The summed E-state index contributed by atoms with van der Waals surface area (Å²) in [6, 6.07) is 5.82. The molecular formula is C16H26N4O. The van der Waals surface area contributed by atoms with E-state index in [1.54, 1.807) is 0 Å². The number of hydrogen-bond acceptors (Lipinski definition) is 4. The van der Waals surface area contributed by atoms with E-state index in [-0.39, 0.29) is 5.91 Å². The summed E-state index contributed by atoms with van der Waals surface area (Å²) in [6.07, 6.45) is 1.09. The van der Waals surface area contributed by atoms with Crippen molar-refractivity contribution < 1.29 is 4.79 Å². The molecule has 0 aliphatic carbocycles. The molecule has 1 amide bonds. The van der Waals surface area contributed by atoms with Crippen LogP contribution in [-0.2, 0) is 0 Å². The Bertz CT molecular complexity index is 481. The molecule has 116 valence electrons. The minimum atomic E-state index is -0.0234. The third kappa shape index (κ3) is 4.44. The summed E-state index contributed by atoms with van der Waals surface area (Å²) in [5.41, 5.74) is 5.92. The van der Waals surface area contributed by atoms with E-state index < -0.39 is 0 Å². The van der Waals surface area contributed by atoms with Gasteiger partial charge in [0.2, 0.25) is 0 Å². The van der Waals surface area contributed by atoms with Crippen molar-refractivity contribution in [1.82, 2.24) is 15.3 Å². The number of amides is 1. The lowest BCUT2D eigenvalue weighted by Crippen LogP contribution is -2.52. The Kier molecular flexibility index (Phi) is 5.59. The highest BCUT2D eigenvalue weighted by Gasteiger charge is 2.16. The number of benzene rings is 1. The van der Waals surface area contributed by atoms with Crippen LogP contribution in [0.15, 0.2) is 18.2 Å². The van der Waals surface area contributed by atoms with E-state index in [2.05, 4.69) is 29.6 Å². The number of carbonyl (C=O) groups is 1. The van der Waals surface area contributed by atoms with Gasteiger partial charge in [-0.05, 0) is 44.2 Å². The zero-order valence-corrected chi connectivity index (χ0v) is 13.3. The first-order valence-corrected chi connectivity index (χ1v) is 7.69. The van der Waals surface area contributed by atoms with Crippen LogP contribution in [0.1, 0.15) is 29.3 Å². The topological polar surface area (TPSA) is 47.6 Å². The fourth-order valence-corrected chi connectivity index (χ4v) is 2.39. The van der Waals surface area contributed by atoms with Crippen molar-refractivity contribution in [3.63, 3.8) is 0 Å². The molecule has 2 rings (SSSR count). The number of hydrazine groups is 1. The predicted octanol–water partition coefficient (Wildman–Crippen LogP) is 1.71. The number of aryl methyl sites for hydroxylation is 1. The molecule has 5 heteroatoms. The maximum Gasteiger partial charge on any atom is 0.265 e. The van der Waals surface area contributed by atoms with Gasteiger partial charge in [-0.2, -0.15) is 0 Å². The smallest absolute Gasteiger partial charge is 0.265 e. The van der Waals surface area contributed by atoms with E-state index in [0.717, 1.165) is 50.4 Å². The Hall–Kier alpha value is -1.59. The minimum absolute atomic E-state index is 0.0234. The maximum atomic E-state index is 12.3. The van der Waals surface area contributed by atoms with Crippen molar-refractivity contribution in [1.29, 1.82) is 0 Å². The minimum Gasteiger partial charge on any atom is -0.385 e. The molecule has 0 saturated carbocycles. The second kappa shape index (κ2) is 7.43. The third-order valence-electron chi connectivity index (χ3n) is 3.82. The third-order valence-corrected chi connectivity index (χ3v) is 3.82. The lowest BCUT2D eigenvalue weighted by Gasteiger charge is -2.32. The quantitative estimate of drug-likeness (QED) is 0.867. The summed E-state index contributed by atoms with van der Waals surface area (Å²) in [5, 5.41) is 5.37. The van der Waals surface area contributed by atoms with E-state index in [1.165, 1.54) is 0 Å². The van der Waals surface area contributed by atoms with Gasteiger partial charge in [0.25, 0.3) is 5.91 Å². The van der Waals surface area contributed by atoms with E-state index in [1.807, 2.05) is 30.1 Å². The van der Waals surface area contributed by atoms with Gasteiger partial charge >= 0.3 is 0 Å². The molecule has 0 radical (unpaired) electrons. The molecule has 1 heterocycles. The van der Waals surface area contributed by atoms with E-state index in [0.29, 0.717) is 5.56 Å². The number of likely N-dealkylation sites (N-methyl/N-ethyl adjacent to an activating group) is 1. The summed E-state index contributed by atoms with van der Waals surface area (Å²) in [5.74, 6) is -0.0234. The average Bonchev–Trinajstić information content (AvgIpc) is 2.48. The first kappa shape index (κ1) is 15.8. The van der Waals surface area contributed by atoms with Crippen LogP contribution in [0.3, 0.4) is 0 Å². The fourth-order valence-electron chi connectivity index (χ4n) is 2.39. The molecule has 21 heavy (non-hydrogen) atoms. The van der Waals surface area contributed by atoms with Gasteiger partial charge in [-0.1, -0.05) is 6.92 Å². The fraction of sp³-hybridized carbons (Fsp3) is 0.562. The van der Waals surface area contributed by atoms with Crippen LogP contribution in [0.25, 0.3) is 0 Å². The maximum absolute atomic E-state index is 12.3. The van der Waals surface area contributed by atoms with Gasteiger partial charge in [-0.25, -0.2) is 5.01 Å². The van der Waals surface area contributed by atoms with Crippen molar-refractivity contribution in [2.75, 3.05) is 45.1 Å². The zero-order valence-electron chi connectivity index (χ0n) is 13.3. The van der Waals surface area contributed by atoms with E-state index >= 15 is 0 Å². The molecule has 0 unspecified atom stereocenters. The van der Waals surface area contributed by atoms with Gasteiger partial charge in [0.1, 0.15) is 0 Å². The molecule has 1 aromatic rings. The van der Waals surface area contributed by atoms with Crippen LogP contribution >= 0.6 is 0 Å². The van der Waals surface area contributed by atoms with Crippen LogP contribution in [0, 0.1) is 6.92 Å². The van der Waals surface area contributed by atoms with Crippen LogP contribution in [0.4, 0.5) is 5.69 Å². The van der Waals surface area contributed by atoms with Crippen LogP contribution in [-0.4, -0.2) is 55.6 Å². The first-order chi connectivity index (χ1) is 10.1. The highest BCUT2D eigenvalue weighted by Crippen LogP contribution is 2.16. The Balaban J connectivity index is 1.94. The molecule has 1 fully saturated rings. The largest absolute Gasteiger partial charge is 0.385 e. The molecular weight excluding hydrogens is 264 g/mol. The van der Waals surface area contributed by atoms with Gasteiger partial charge in [-0.3, -0.25) is 10.2 Å². The van der Waals surface area contributed by atoms with Crippen LogP contribution < -0.4 is 10.7 Å². The number of anilines is 1. The Morgan fingerprint density at radius 1 is 1.24 bits per heavy atom. The summed E-state index contributed by atoms with van der Waals surface area (Å²) in [4.78, 5) is 14.6. The molecule has 0 atom stereocenters. The van der Waals surface area contributed by atoms with E-state index in [9.17, 15) is 4.79 Å². The monoisotopic (exact) mass is 290 g/mol. The SMILES string of the molecule is CCCNc1ccc(C(=O)NN2CCN(C)CC2)cc1C. The van der Waals surface area contributed by atoms with Gasteiger partial charge in [0.15, 0.2) is 0 Å². The number of rotatable bonds is 5. The van der Waals surface area contributed by atoms with Gasteiger partial charge in [-0.15, -0.1) is 0 Å². The van der Waals surface area contributed by atoms with Gasteiger partial charge in [0, 0.05) is 44.0 Å². The molecule has 1 saturated heterocycles. The number of piperazine rings is 1. The average molecular weight is 290 g/mol. The molecule has 1 aromatic carbocycles. The van der Waals surface area contributed by atoms with Gasteiger partial charge in [0.05, 0.1) is 0 Å². The molecule has 2 N–H and O–H groups in total. The van der Waals surface area contributed by atoms with Crippen LogP contribution in [0.2, 0.25) is 0 Å². The normalized spacial score (nSPS) is 16.7. The van der Waals surface area contributed by atoms with Crippen molar-refractivity contribution in [2.45, 2.75) is 20.3 Å². The second-order valence-corrected chi connectivity index (χ2v) is 5.69. The van der Waals surface area contributed by atoms with Gasteiger partial charge < -0.3 is 10.2 Å². The number of hydrogen-bond donors (Lipinski definition) is 2. The highest BCUT2D eigenvalue weighted by molar-refractivity contribution is 5.94. The van der Waals surface area contributed by atoms with E-state index in [4.69, 9.17) is 0 Å². The second-order valence-electron chi connectivity index (χ2n) is 5.69. The molecule has 1 aliphatic rings. The molecule has 0 spiro atoms. The zero-order chi connectivity index (χ0) is 15.2. The number of carbonyl (C=O) groups excluding carboxylic acids is 1. The summed E-state index contributed by atoms with van der Waals surface area (Å²) >= 11 is 0. The first-order valence-electron chi connectivity index (χ1n) is 7.69. The number of nitrogens with one attached hydrogen (secondary N) is 2. The van der Waals surface area contributed by atoms with Crippen LogP contribution in [0.5, 0.6) is 0 Å². The molecule has 1 aliphatic heterocycles. The number of nitrogens with zero attached hydrogens (tertiary/aromatic N) is 2. The predicted molar refractivity (Wildman–Crippen MR) is 86.5 cm³/mol.